The summed E-state index contributed by atoms with van der Waals surface area (Å²) in [6.07, 6.45) is 0. The van der Waals surface area contributed by atoms with E-state index in [1.165, 1.54) is 0 Å². The van der Waals surface area contributed by atoms with E-state index in [9.17, 15) is 0 Å². The number of rotatable bonds is 3. The molecule has 0 aliphatic carbocycles. The van der Waals surface area contributed by atoms with Gasteiger partial charge in [-0.3, -0.25) is 0 Å². The molecular formula is C13H9Cl3O. The van der Waals surface area contributed by atoms with Crippen molar-refractivity contribution >= 4 is 34.8 Å². The Morgan fingerprint density at radius 2 is 1.59 bits per heavy atom. The highest BCUT2D eigenvalue weighted by molar-refractivity contribution is 6.42. The minimum absolute atomic E-state index is 0.383. The van der Waals surface area contributed by atoms with Gasteiger partial charge in [-0.15, -0.1) is 11.6 Å². The van der Waals surface area contributed by atoms with E-state index in [1.54, 1.807) is 18.2 Å². The summed E-state index contributed by atoms with van der Waals surface area (Å²) >= 11 is 17.8. The van der Waals surface area contributed by atoms with Crippen molar-refractivity contribution < 1.29 is 4.74 Å². The molecule has 2 aromatic rings. The summed E-state index contributed by atoms with van der Waals surface area (Å²) in [7, 11) is 0. The number of ether oxygens (including phenoxy) is 1. The van der Waals surface area contributed by atoms with Crippen LogP contribution in [0.2, 0.25) is 10.0 Å². The molecule has 0 spiro atoms. The van der Waals surface area contributed by atoms with Gasteiger partial charge >= 0.3 is 0 Å². The average molecular weight is 288 g/mol. The van der Waals surface area contributed by atoms with Crippen LogP contribution >= 0.6 is 34.8 Å². The lowest BCUT2D eigenvalue weighted by Gasteiger charge is -2.11. The monoisotopic (exact) mass is 286 g/mol. The van der Waals surface area contributed by atoms with Gasteiger partial charge in [0, 0.05) is 5.56 Å². The molecular weight excluding hydrogens is 279 g/mol. The van der Waals surface area contributed by atoms with E-state index in [2.05, 4.69) is 0 Å². The zero-order valence-electron chi connectivity index (χ0n) is 8.79. The molecule has 0 saturated heterocycles. The molecule has 0 aliphatic heterocycles. The van der Waals surface area contributed by atoms with Gasteiger partial charge in [-0.2, -0.15) is 0 Å². The maximum atomic E-state index is 6.05. The Labute approximate surface area is 115 Å². The first-order valence-corrected chi connectivity index (χ1v) is 6.27. The second kappa shape index (κ2) is 5.63. The highest BCUT2D eigenvalue weighted by Crippen LogP contribution is 2.35. The van der Waals surface area contributed by atoms with E-state index in [0.717, 1.165) is 5.56 Å². The van der Waals surface area contributed by atoms with E-state index in [4.69, 9.17) is 39.5 Å². The molecule has 0 amide bonds. The molecule has 0 atom stereocenters. The lowest BCUT2D eigenvalue weighted by molar-refractivity contribution is 0.478. The fourth-order valence-corrected chi connectivity index (χ4v) is 1.95. The first-order valence-electron chi connectivity index (χ1n) is 4.98. The molecule has 2 rings (SSSR count). The molecule has 0 aliphatic rings. The van der Waals surface area contributed by atoms with Crippen LogP contribution in [-0.2, 0) is 5.88 Å². The Morgan fingerprint density at radius 1 is 0.882 bits per heavy atom. The van der Waals surface area contributed by atoms with E-state index < -0.39 is 0 Å². The van der Waals surface area contributed by atoms with Crippen LogP contribution in [0.3, 0.4) is 0 Å². The highest BCUT2D eigenvalue weighted by atomic mass is 35.5. The summed E-state index contributed by atoms with van der Waals surface area (Å²) in [6.45, 7) is 0. The molecule has 0 saturated carbocycles. The number of hydrogen-bond donors (Lipinski definition) is 0. The van der Waals surface area contributed by atoms with E-state index in [1.807, 2.05) is 24.3 Å². The molecule has 4 heteroatoms. The Bertz CT molecular complexity index is 526. The van der Waals surface area contributed by atoms with Crippen molar-refractivity contribution in [2.24, 2.45) is 0 Å². The number of alkyl halides is 1. The van der Waals surface area contributed by atoms with Crippen LogP contribution in [-0.4, -0.2) is 0 Å². The van der Waals surface area contributed by atoms with Gasteiger partial charge in [-0.05, 0) is 18.2 Å². The standard InChI is InChI=1S/C13H9Cl3O/c14-8-9-4-1-2-6-11(9)17-12-7-3-5-10(15)13(12)16/h1-7H,8H2. The van der Waals surface area contributed by atoms with Crippen LogP contribution in [0.4, 0.5) is 0 Å². The second-order valence-corrected chi connectivity index (χ2v) is 4.45. The summed E-state index contributed by atoms with van der Waals surface area (Å²) in [4.78, 5) is 0. The molecule has 1 nitrogen and oxygen atoms in total. The lowest BCUT2D eigenvalue weighted by atomic mass is 10.2. The number of hydrogen-bond acceptors (Lipinski definition) is 1. The molecule has 0 radical (unpaired) electrons. The Balaban J connectivity index is 2.35. The predicted octanol–water partition coefficient (Wildman–Crippen LogP) is 5.52. The van der Waals surface area contributed by atoms with Crippen molar-refractivity contribution in [1.82, 2.24) is 0 Å². The Hall–Kier alpha value is -0.890. The number of halogens is 3. The maximum absolute atomic E-state index is 6.05. The first-order chi connectivity index (χ1) is 8.22. The van der Waals surface area contributed by atoms with Crippen molar-refractivity contribution in [3.63, 3.8) is 0 Å². The van der Waals surface area contributed by atoms with Crippen LogP contribution in [0.1, 0.15) is 5.56 Å². The van der Waals surface area contributed by atoms with Crippen molar-refractivity contribution in [3.8, 4) is 11.5 Å². The molecule has 17 heavy (non-hydrogen) atoms. The normalized spacial score (nSPS) is 10.3. The van der Waals surface area contributed by atoms with Crippen LogP contribution in [0.15, 0.2) is 42.5 Å². The average Bonchev–Trinajstić information content (AvgIpc) is 2.35. The summed E-state index contributed by atoms with van der Waals surface area (Å²) in [5.74, 6) is 1.59. The smallest absolute Gasteiger partial charge is 0.147 e. The number of benzene rings is 2. The van der Waals surface area contributed by atoms with Crippen molar-refractivity contribution in [3.05, 3.63) is 58.1 Å². The molecule has 0 fully saturated rings. The zero-order valence-corrected chi connectivity index (χ0v) is 11.1. The van der Waals surface area contributed by atoms with Gasteiger partial charge in [0.2, 0.25) is 0 Å². The van der Waals surface area contributed by atoms with Gasteiger partial charge < -0.3 is 4.74 Å². The quantitative estimate of drug-likeness (QED) is 0.675. The third kappa shape index (κ3) is 2.86. The number of para-hydroxylation sites is 1. The third-order valence-electron chi connectivity index (χ3n) is 2.25. The summed E-state index contributed by atoms with van der Waals surface area (Å²) in [5.41, 5.74) is 0.908. The second-order valence-electron chi connectivity index (χ2n) is 3.40. The van der Waals surface area contributed by atoms with Crippen molar-refractivity contribution in [2.45, 2.75) is 5.88 Å². The summed E-state index contributed by atoms with van der Waals surface area (Å²) < 4.78 is 5.71. The van der Waals surface area contributed by atoms with Gasteiger partial charge in [-0.1, -0.05) is 47.5 Å². The highest BCUT2D eigenvalue weighted by Gasteiger charge is 2.08. The van der Waals surface area contributed by atoms with Gasteiger partial charge in [0.05, 0.1) is 10.9 Å². The fourth-order valence-electron chi connectivity index (χ4n) is 1.40. The Kier molecular flexibility index (Phi) is 4.16. The first kappa shape index (κ1) is 12.6. The molecule has 0 bridgehead atoms. The van der Waals surface area contributed by atoms with Crippen LogP contribution in [0, 0.1) is 0 Å². The predicted molar refractivity (Wildman–Crippen MR) is 72.5 cm³/mol. The molecule has 88 valence electrons. The van der Waals surface area contributed by atoms with Gasteiger partial charge in [-0.25, -0.2) is 0 Å². The topological polar surface area (TPSA) is 9.23 Å². The molecule has 0 heterocycles. The van der Waals surface area contributed by atoms with Crippen LogP contribution in [0.25, 0.3) is 0 Å². The van der Waals surface area contributed by atoms with Gasteiger partial charge in [0.15, 0.2) is 0 Å². The lowest BCUT2D eigenvalue weighted by Crippen LogP contribution is -1.90. The Morgan fingerprint density at radius 3 is 2.35 bits per heavy atom. The van der Waals surface area contributed by atoms with Crippen molar-refractivity contribution in [1.29, 1.82) is 0 Å². The maximum Gasteiger partial charge on any atom is 0.147 e. The summed E-state index contributed by atoms with van der Waals surface area (Å²) in [5, 5.41) is 0.867. The van der Waals surface area contributed by atoms with Crippen molar-refractivity contribution in [2.75, 3.05) is 0 Å². The fraction of sp³-hybridized carbons (Fsp3) is 0.0769. The molecule has 0 aromatic heterocycles. The SMILES string of the molecule is ClCc1ccccc1Oc1cccc(Cl)c1Cl. The van der Waals surface area contributed by atoms with Gasteiger partial charge in [0.1, 0.15) is 16.5 Å². The van der Waals surface area contributed by atoms with E-state index >= 15 is 0 Å². The molecule has 2 aromatic carbocycles. The molecule has 0 unspecified atom stereocenters. The van der Waals surface area contributed by atoms with Gasteiger partial charge in [0.25, 0.3) is 0 Å². The van der Waals surface area contributed by atoms with Crippen LogP contribution < -0.4 is 4.74 Å². The molecule has 0 N–H and O–H groups in total. The third-order valence-corrected chi connectivity index (χ3v) is 3.34. The largest absolute Gasteiger partial charge is 0.455 e. The minimum Gasteiger partial charge on any atom is -0.455 e. The van der Waals surface area contributed by atoms with Crippen LogP contribution in [0.5, 0.6) is 11.5 Å². The zero-order chi connectivity index (χ0) is 12.3. The summed E-state index contributed by atoms with van der Waals surface area (Å²) in [6, 6.07) is 12.8. The van der Waals surface area contributed by atoms with E-state index in [-0.39, 0.29) is 0 Å². The van der Waals surface area contributed by atoms with E-state index in [0.29, 0.717) is 27.4 Å². The minimum atomic E-state index is 0.383.